The van der Waals surface area contributed by atoms with Gasteiger partial charge in [0.2, 0.25) is 0 Å². The molecule has 2 N–H and O–H groups in total. The Morgan fingerprint density at radius 3 is 1.93 bits per heavy atom. The van der Waals surface area contributed by atoms with Gasteiger partial charge in [-0.1, -0.05) is 27.2 Å². The van der Waals surface area contributed by atoms with Gasteiger partial charge in [-0.15, -0.1) is 0 Å². The van der Waals surface area contributed by atoms with Gasteiger partial charge in [0.25, 0.3) is 5.56 Å². The zero-order chi connectivity index (χ0) is 39.1. The number of nitrogens with zero attached hydrogens (tertiary/aromatic N) is 5. The Labute approximate surface area is 327 Å². The van der Waals surface area contributed by atoms with Gasteiger partial charge in [0.15, 0.2) is 0 Å². The van der Waals surface area contributed by atoms with E-state index in [1.165, 1.54) is 42.8 Å². The molecule has 2 saturated heterocycles. The minimum atomic E-state index is -0.298. The van der Waals surface area contributed by atoms with E-state index in [0.717, 1.165) is 89.9 Å². The van der Waals surface area contributed by atoms with Crippen LogP contribution >= 0.6 is 0 Å². The Hall–Kier alpha value is -4.80. The molecule has 0 atom stereocenters. The highest BCUT2D eigenvalue weighted by molar-refractivity contribution is 5.95. The molecule has 296 valence electrons. The van der Waals surface area contributed by atoms with Crippen LogP contribution in [0, 0.1) is 5.82 Å². The quantitative estimate of drug-likeness (QED) is 0.169. The molecule has 0 unspecified atom stereocenters. The van der Waals surface area contributed by atoms with Crippen molar-refractivity contribution in [2.75, 3.05) is 46.9 Å². The standard InChI is InChI=1S/C21H24FN3O.C21H26N4O.C3H8.2H2/c1-3-25-10-7-14(8-11-25)19-13-18-16(6-9-23-21(18)24-19)17-5-4-15(22)12-20(17)26-2;1-14(2)25-13-16(4-5-20(25)26)17-6-9-22-21-18(17)12-19(23-21)15-7-10-24(3)11-8-15;1-3-2;;/h4-6,9,12-14H,3,7-8,10-11H2,1-2H3,(H,23,24);4-6,9,12-15H,7-8,10-11H2,1-3H3,(H,22,23);3H2,1-2H3;2*1H. The highest BCUT2D eigenvalue weighted by atomic mass is 19.1. The molecule has 0 amide bonds. The zero-order valence-electron chi connectivity index (χ0n) is 33.7. The largest absolute Gasteiger partial charge is 0.496 e. The number of methoxy groups -OCH3 is 1. The van der Waals surface area contributed by atoms with E-state index in [1.54, 1.807) is 30.0 Å². The molecule has 1 aromatic carbocycles. The molecular formula is C45H62FN7O2. The number of H-pyrrole nitrogens is 2. The van der Waals surface area contributed by atoms with Crippen LogP contribution in [0.1, 0.15) is 98.8 Å². The summed E-state index contributed by atoms with van der Waals surface area (Å²) in [6.45, 7) is 16.2. The molecule has 9 nitrogen and oxygen atoms in total. The van der Waals surface area contributed by atoms with Gasteiger partial charge in [0.1, 0.15) is 22.9 Å². The first-order valence-electron chi connectivity index (χ1n) is 20.1. The summed E-state index contributed by atoms with van der Waals surface area (Å²) in [7, 11) is 3.76. The van der Waals surface area contributed by atoms with Crippen LogP contribution in [0.25, 0.3) is 44.3 Å². The molecule has 0 aliphatic carbocycles. The van der Waals surface area contributed by atoms with Crippen LogP contribution in [0.15, 0.2) is 78.0 Å². The third-order valence-electron chi connectivity index (χ3n) is 11.0. The summed E-state index contributed by atoms with van der Waals surface area (Å²) in [4.78, 5) is 33.1. The molecular weight excluding hydrogens is 690 g/mol. The lowest BCUT2D eigenvalue weighted by molar-refractivity contribution is 0.221. The molecule has 2 aliphatic heterocycles. The second kappa shape index (κ2) is 18.2. The van der Waals surface area contributed by atoms with Crippen molar-refractivity contribution in [2.24, 2.45) is 0 Å². The van der Waals surface area contributed by atoms with E-state index < -0.39 is 0 Å². The summed E-state index contributed by atoms with van der Waals surface area (Å²) in [5, 5.41) is 2.20. The number of piperidine rings is 2. The molecule has 10 heteroatoms. The maximum atomic E-state index is 13.6. The summed E-state index contributed by atoms with van der Waals surface area (Å²) in [5.41, 5.74) is 8.45. The van der Waals surface area contributed by atoms with Crippen LogP contribution in [-0.4, -0.2) is 81.2 Å². The van der Waals surface area contributed by atoms with Crippen molar-refractivity contribution in [1.82, 2.24) is 34.3 Å². The third-order valence-corrected chi connectivity index (χ3v) is 11.0. The predicted molar refractivity (Wildman–Crippen MR) is 228 cm³/mol. The Balaban J connectivity index is 0.000000229. The summed E-state index contributed by atoms with van der Waals surface area (Å²) < 4.78 is 20.8. The van der Waals surface area contributed by atoms with Gasteiger partial charge in [0, 0.05) is 79.2 Å². The molecule has 0 saturated carbocycles. The molecule has 5 aromatic heterocycles. The number of hydrogen-bond acceptors (Lipinski definition) is 6. The van der Waals surface area contributed by atoms with Crippen molar-refractivity contribution in [3.63, 3.8) is 0 Å². The van der Waals surface area contributed by atoms with Crippen LogP contribution in [0.3, 0.4) is 0 Å². The highest BCUT2D eigenvalue weighted by Crippen LogP contribution is 2.38. The van der Waals surface area contributed by atoms with Crippen molar-refractivity contribution >= 4 is 22.1 Å². The van der Waals surface area contributed by atoms with Crippen molar-refractivity contribution in [3.05, 3.63) is 101 Å². The Kier molecular flexibility index (Phi) is 13.2. The predicted octanol–water partition coefficient (Wildman–Crippen LogP) is 10.3. The molecule has 8 rings (SSSR count). The number of rotatable bonds is 7. The van der Waals surface area contributed by atoms with Gasteiger partial charge in [-0.2, -0.15) is 0 Å². The number of nitrogens with one attached hydrogen (secondary N) is 2. The Morgan fingerprint density at radius 1 is 0.800 bits per heavy atom. The molecule has 0 radical (unpaired) electrons. The molecule has 7 heterocycles. The van der Waals surface area contributed by atoms with Gasteiger partial charge in [-0.3, -0.25) is 4.79 Å². The summed E-state index contributed by atoms with van der Waals surface area (Å²) in [6.07, 6.45) is 11.5. The number of aromatic amines is 2. The van der Waals surface area contributed by atoms with Crippen molar-refractivity contribution in [3.8, 4) is 28.0 Å². The van der Waals surface area contributed by atoms with Crippen LogP contribution < -0.4 is 10.3 Å². The lowest BCUT2D eigenvalue weighted by Gasteiger charge is -2.30. The van der Waals surface area contributed by atoms with Crippen LogP contribution in [0.2, 0.25) is 0 Å². The van der Waals surface area contributed by atoms with E-state index in [0.29, 0.717) is 17.6 Å². The first-order valence-corrected chi connectivity index (χ1v) is 20.1. The molecule has 2 fully saturated rings. The van der Waals surface area contributed by atoms with Crippen LogP contribution in [0.4, 0.5) is 4.39 Å². The minimum absolute atomic E-state index is 0. The first-order chi connectivity index (χ1) is 26.6. The molecule has 6 aromatic rings. The number of benzene rings is 1. The molecule has 0 bridgehead atoms. The summed E-state index contributed by atoms with van der Waals surface area (Å²) >= 11 is 0. The fraction of sp³-hybridized carbons (Fsp3) is 0.444. The Bertz CT molecular complexity index is 2230. The average molecular weight is 752 g/mol. The fourth-order valence-corrected chi connectivity index (χ4v) is 7.85. The number of aromatic nitrogens is 5. The van der Waals surface area contributed by atoms with E-state index in [4.69, 9.17) is 4.74 Å². The van der Waals surface area contributed by atoms with E-state index >= 15 is 0 Å². The number of halogens is 1. The second-order valence-corrected chi connectivity index (χ2v) is 15.3. The molecule has 0 spiro atoms. The van der Waals surface area contributed by atoms with Crippen LogP contribution in [0.5, 0.6) is 5.75 Å². The van der Waals surface area contributed by atoms with E-state index in [1.807, 2.05) is 44.4 Å². The van der Waals surface area contributed by atoms with Crippen LogP contribution in [-0.2, 0) is 0 Å². The second-order valence-electron chi connectivity index (χ2n) is 15.3. The monoisotopic (exact) mass is 751 g/mol. The SMILES string of the molecule is CC(C)n1cc(-c2ccnc3[nH]c(C4CCN(C)CC4)cc23)ccc1=O.CCC.CCN1CCC(c2cc3c(-c4ccc(F)cc4OC)ccnc3[nH]2)CC1.[HH].[HH]. The highest BCUT2D eigenvalue weighted by Gasteiger charge is 2.23. The number of ether oxygens (including phenoxy) is 1. The minimum Gasteiger partial charge on any atom is -0.496 e. The number of pyridine rings is 3. The van der Waals surface area contributed by atoms with Gasteiger partial charge in [-0.25, -0.2) is 14.4 Å². The maximum absolute atomic E-state index is 13.6. The Morgan fingerprint density at radius 2 is 1.36 bits per heavy atom. The van der Waals surface area contributed by atoms with E-state index in [9.17, 15) is 9.18 Å². The lowest BCUT2D eigenvalue weighted by Crippen LogP contribution is -2.32. The fourth-order valence-electron chi connectivity index (χ4n) is 7.85. The molecule has 55 heavy (non-hydrogen) atoms. The van der Waals surface area contributed by atoms with Crippen molar-refractivity contribution in [2.45, 2.75) is 84.6 Å². The summed E-state index contributed by atoms with van der Waals surface area (Å²) in [5.74, 6) is 1.35. The summed E-state index contributed by atoms with van der Waals surface area (Å²) in [6, 6.07) is 16.9. The normalized spacial score (nSPS) is 15.9. The molecule has 2 aliphatic rings. The topological polar surface area (TPSA) is 95.1 Å². The van der Waals surface area contributed by atoms with Gasteiger partial charge < -0.3 is 29.1 Å². The zero-order valence-corrected chi connectivity index (χ0v) is 33.7. The first kappa shape index (κ1) is 39.9. The van der Waals surface area contributed by atoms with E-state index in [-0.39, 0.29) is 20.3 Å². The van der Waals surface area contributed by atoms with Crippen molar-refractivity contribution < 1.29 is 12.0 Å². The lowest BCUT2D eigenvalue weighted by atomic mass is 9.93. The number of fused-ring (bicyclic) bond motifs is 2. The number of hydrogen-bond donors (Lipinski definition) is 2. The average Bonchev–Trinajstić information content (AvgIpc) is 3.84. The van der Waals surface area contributed by atoms with E-state index in [2.05, 4.69) is 69.7 Å². The van der Waals surface area contributed by atoms with Gasteiger partial charge >= 0.3 is 0 Å². The number of likely N-dealkylation sites (tertiary alicyclic amines) is 2. The smallest absolute Gasteiger partial charge is 0.250 e. The van der Waals surface area contributed by atoms with Gasteiger partial charge in [-0.05, 0) is 138 Å². The van der Waals surface area contributed by atoms with Gasteiger partial charge in [0.05, 0.1) is 7.11 Å². The third kappa shape index (κ3) is 9.19. The van der Waals surface area contributed by atoms with Crippen molar-refractivity contribution in [1.29, 1.82) is 0 Å². The maximum Gasteiger partial charge on any atom is 0.250 e.